The molecule has 0 aliphatic carbocycles. The number of fused-ring (bicyclic) bond motifs is 1. The van der Waals surface area contributed by atoms with Crippen LogP contribution in [0.4, 0.5) is 5.69 Å². The van der Waals surface area contributed by atoms with Gasteiger partial charge in [-0.1, -0.05) is 41.4 Å². The van der Waals surface area contributed by atoms with Gasteiger partial charge in [0.2, 0.25) is 0 Å². The lowest BCUT2D eigenvalue weighted by Gasteiger charge is -1.98. The monoisotopic (exact) mass is 257 g/mol. The molecular formula is C14H12ClN3. The van der Waals surface area contributed by atoms with Crippen LogP contribution in [0.15, 0.2) is 42.7 Å². The maximum Gasteiger partial charge on any atom is 0.162 e. The highest BCUT2D eigenvalue weighted by Crippen LogP contribution is 2.26. The molecule has 0 aliphatic heterocycles. The normalized spacial score (nSPS) is 11.0. The van der Waals surface area contributed by atoms with Crippen LogP contribution < -0.4 is 5.73 Å². The second-order valence-corrected chi connectivity index (χ2v) is 4.71. The van der Waals surface area contributed by atoms with Crippen LogP contribution in [-0.4, -0.2) is 9.38 Å². The Morgan fingerprint density at radius 2 is 1.89 bits per heavy atom. The molecule has 2 aromatic heterocycles. The van der Waals surface area contributed by atoms with E-state index in [2.05, 4.69) is 36.2 Å². The molecule has 0 atom stereocenters. The molecule has 2 N–H and O–H groups in total. The third kappa shape index (κ3) is 1.73. The van der Waals surface area contributed by atoms with Crippen molar-refractivity contribution in [1.82, 2.24) is 9.38 Å². The molecule has 1 aromatic carbocycles. The van der Waals surface area contributed by atoms with Crippen molar-refractivity contribution in [3.05, 3.63) is 53.3 Å². The largest absolute Gasteiger partial charge is 0.394 e. The quantitative estimate of drug-likeness (QED) is 0.725. The molecule has 4 heteroatoms. The molecule has 0 bridgehead atoms. The zero-order valence-corrected chi connectivity index (χ0v) is 10.6. The molecule has 0 radical (unpaired) electrons. The van der Waals surface area contributed by atoms with Crippen LogP contribution in [0.2, 0.25) is 5.02 Å². The summed E-state index contributed by atoms with van der Waals surface area (Å²) in [5.74, 6) is 0. The fourth-order valence-corrected chi connectivity index (χ4v) is 2.05. The maximum absolute atomic E-state index is 5.99. The Hall–Kier alpha value is -2.00. The van der Waals surface area contributed by atoms with E-state index >= 15 is 0 Å². The lowest BCUT2D eigenvalue weighted by Crippen LogP contribution is -1.92. The number of nitrogens with zero attached hydrogens (tertiary/aromatic N) is 2. The van der Waals surface area contributed by atoms with Gasteiger partial charge in [0.25, 0.3) is 0 Å². The fourth-order valence-electron chi connectivity index (χ4n) is 1.91. The van der Waals surface area contributed by atoms with Gasteiger partial charge in [0.05, 0.1) is 16.4 Å². The molecule has 0 spiro atoms. The number of rotatable bonds is 1. The summed E-state index contributed by atoms with van der Waals surface area (Å²) >= 11 is 5.99. The summed E-state index contributed by atoms with van der Waals surface area (Å²) in [6.45, 7) is 2.06. The number of hydrogen-bond donors (Lipinski definition) is 1. The molecule has 2 heterocycles. The minimum atomic E-state index is 0.512. The van der Waals surface area contributed by atoms with Crippen LogP contribution in [0.25, 0.3) is 16.9 Å². The standard InChI is InChI=1S/C14H12ClN3/c1-9-2-4-10(5-3-9)12-8-18-7-6-11(15)13(16)14(18)17-12/h2-8H,16H2,1H3. The predicted molar refractivity (Wildman–Crippen MR) is 74.8 cm³/mol. The Morgan fingerprint density at radius 1 is 1.17 bits per heavy atom. The lowest BCUT2D eigenvalue weighted by atomic mass is 10.1. The van der Waals surface area contributed by atoms with Gasteiger partial charge in [-0.2, -0.15) is 0 Å². The van der Waals surface area contributed by atoms with Crippen molar-refractivity contribution in [2.75, 3.05) is 5.73 Å². The van der Waals surface area contributed by atoms with E-state index in [9.17, 15) is 0 Å². The Labute approximate surface area is 110 Å². The first-order valence-electron chi connectivity index (χ1n) is 5.65. The zero-order valence-electron chi connectivity index (χ0n) is 9.89. The highest BCUT2D eigenvalue weighted by Gasteiger charge is 2.08. The van der Waals surface area contributed by atoms with Gasteiger partial charge in [-0.15, -0.1) is 0 Å². The Balaban J connectivity index is 2.19. The van der Waals surface area contributed by atoms with Gasteiger partial charge in [0, 0.05) is 18.0 Å². The first kappa shape index (κ1) is 11.1. The molecule has 18 heavy (non-hydrogen) atoms. The number of nitrogens with two attached hydrogens (primary N) is 1. The molecular weight excluding hydrogens is 246 g/mol. The van der Waals surface area contributed by atoms with E-state index in [0.717, 1.165) is 11.3 Å². The summed E-state index contributed by atoms with van der Waals surface area (Å²) in [6.07, 6.45) is 3.81. The van der Waals surface area contributed by atoms with Gasteiger partial charge >= 0.3 is 0 Å². The van der Waals surface area contributed by atoms with Crippen molar-refractivity contribution < 1.29 is 0 Å². The molecule has 0 saturated carbocycles. The summed E-state index contributed by atoms with van der Waals surface area (Å²) in [4.78, 5) is 4.53. The van der Waals surface area contributed by atoms with E-state index < -0.39 is 0 Å². The van der Waals surface area contributed by atoms with Gasteiger partial charge in [-0.3, -0.25) is 0 Å². The second-order valence-electron chi connectivity index (χ2n) is 4.30. The van der Waals surface area contributed by atoms with Crippen LogP contribution in [0, 0.1) is 6.92 Å². The van der Waals surface area contributed by atoms with Crippen LogP contribution in [0.3, 0.4) is 0 Å². The van der Waals surface area contributed by atoms with Crippen molar-refractivity contribution >= 4 is 22.9 Å². The Morgan fingerprint density at radius 3 is 2.61 bits per heavy atom. The number of aromatic nitrogens is 2. The minimum Gasteiger partial charge on any atom is -0.394 e. The van der Waals surface area contributed by atoms with E-state index in [1.807, 2.05) is 16.8 Å². The number of anilines is 1. The summed E-state index contributed by atoms with van der Waals surface area (Å²) < 4.78 is 1.89. The van der Waals surface area contributed by atoms with Crippen molar-refractivity contribution in [1.29, 1.82) is 0 Å². The minimum absolute atomic E-state index is 0.512. The number of hydrogen-bond acceptors (Lipinski definition) is 2. The van der Waals surface area contributed by atoms with E-state index in [1.165, 1.54) is 5.56 Å². The van der Waals surface area contributed by atoms with Gasteiger partial charge in [-0.25, -0.2) is 4.98 Å². The fraction of sp³-hybridized carbons (Fsp3) is 0.0714. The molecule has 0 unspecified atom stereocenters. The van der Waals surface area contributed by atoms with Gasteiger partial charge < -0.3 is 10.1 Å². The Bertz CT molecular complexity index is 714. The number of nitrogen functional groups attached to an aromatic ring is 1. The van der Waals surface area contributed by atoms with Crippen molar-refractivity contribution in [2.45, 2.75) is 6.92 Å². The van der Waals surface area contributed by atoms with Gasteiger partial charge in [0.15, 0.2) is 5.65 Å². The SMILES string of the molecule is Cc1ccc(-c2cn3ccc(Cl)c(N)c3n2)cc1. The summed E-state index contributed by atoms with van der Waals surface area (Å²) in [5, 5.41) is 0.531. The van der Waals surface area contributed by atoms with Crippen LogP contribution in [-0.2, 0) is 0 Å². The molecule has 90 valence electrons. The average Bonchev–Trinajstić information content (AvgIpc) is 2.80. The number of halogens is 1. The molecule has 0 aliphatic rings. The van der Waals surface area contributed by atoms with E-state index in [-0.39, 0.29) is 0 Å². The summed E-state index contributed by atoms with van der Waals surface area (Å²) in [6, 6.07) is 10.00. The maximum atomic E-state index is 5.99. The van der Waals surface area contributed by atoms with Gasteiger partial charge in [-0.05, 0) is 13.0 Å². The lowest BCUT2D eigenvalue weighted by molar-refractivity contribution is 1.19. The predicted octanol–water partition coefficient (Wildman–Crippen LogP) is 3.55. The van der Waals surface area contributed by atoms with E-state index in [0.29, 0.717) is 16.4 Å². The van der Waals surface area contributed by atoms with Crippen LogP contribution in [0.1, 0.15) is 5.56 Å². The number of pyridine rings is 1. The van der Waals surface area contributed by atoms with Crippen LogP contribution in [0.5, 0.6) is 0 Å². The molecule has 3 nitrogen and oxygen atoms in total. The summed E-state index contributed by atoms with van der Waals surface area (Å²) in [5.41, 5.74) is 10.3. The number of aryl methyl sites for hydroxylation is 1. The highest BCUT2D eigenvalue weighted by molar-refractivity contribution is 6.33. The average molecular weight is 258 g/mol. The molecule has 0 saturated heterocycles. The first-order chi connectivity index (χ1) is 8.65. The first-order valence-corrected chi connectivity index (χ1v) is 6.02. The second kappa shape index (κ2) is 4.03. The van der Waals surface area contributed by atoms with E-state index in [1.54, 1.807) is 6.07 Å². The number of imidazole rings is 1. The topological polar surface area (TPSA) is 43.3 Å². The molecule has 0 fully saturated rings. The zero-order chi connectivity index (χ0) is 12.7. The summed E-state index contributed by atoms with van der Waals surface area (Å²) in [7, 11) is 0. The highest BCUT2D eigenvalue weighted by atomic mass is 35.5. The Kier molecular flexibility index (Phi) is 2.49. The molecule has 3 aromatic rings. The van der Waals surface area contributed by atoms with Crippen molar-refractivity contribution in [3.8, 4) is 11.3 Å². The van der Waals surface area contributed by atoms with Crippen LogP contribution >= 0.6 is 11.6 Å². The van der Waals surface area contributed by atoms with Crippen molar-refractivity contribution in [3.63, 3.8) is 0 Å². The van der Waals surface area contributed by atoms with Crippen molar-refractivity contribution in [2.24, 2.45) is 0 Å². The third-order valence-corrected chi connectivity index (χ3v) is 3.29. The number of benzene rings is 1. The van der Waals surface area contributed by atoms with E-state index in [4.69, 9.17) is 17.3 Å². The smallest absolute Gasteiger partial charge is 0.162 e. The van der Waals surface area contributed by atoms with Gasteiger partial charge in [0.1, 0.15) is 0 Å². The molecule has 3 rings (SSSR count). The molecule has 0 amide bonds. The third-order valence-electron chi connectivity index (χ3n) is 2.96.